The van der Waals surface area contributed by atoms with E-state index in [9.17, 15) is 18.0 Å². The van der Waals surface area contributed by atoms with Gasteiger partial charge in [-0.05, 0) is 31.3 Å². The molecule has 21 heavy (non-hydrogen) atoms. The summed E-state index contributed by atoms with van der Waals surface area (Å²) >= 11 is 1.47. The van der Waals surface area contributed by atoms with Gasteiger partial charge < -0.3 is 10.2 Å². The summed E-state index contributed by atoms with van der Waals surface area (Å²) in [6.45, 7) is 0.00238. The summed E-state index contributed by atoms with van der Waals surface area (Å²) < 4.78 is 25.3. The third-order valence-corrected chi connectivity index (χ3v) is 5.25. The second-order valence-corrected chi connectivity index (χ2v) is 7.19. The van der Waals surface area contributed by atoms with E-state index in [4.69, 9.17) is 0 Å². The molecule has 114 valence electrons. The maximum atomic E-state index is 11.8. The molecule has 0 saturated carbocycles. The van der Waals surface area contributed by atoms with Gasteiger partial charge in [0, 0.05) is 5.69 Å². The quantitative estimate of drug-likeness (QED) is 0.797. The van der Waals surface area contributed by atoms with Crippen LogP contribution in [0.4, 0.5) is 5.69 Å². The molecule has 0 radical (unpaired) electrons. The third-order valence-electron chi connectivity index (χ3n) is 2.88. The lowest BCUT2D eigenvalue weighted by Gasteiger charge is -2.14. The smallest absolute Gasteiger partial charge is 0.244 e. The number of amides is 2. The normalized spacial score (nSPS) is 15.3. The summed E-state index contributed by atoms with van der Waals surface area (Å²) in [6.07, 6.45) is 0. The number of anilines is 1. The van der Waals surface area contributed by atoms with Crippen LogP contribution in [0, 0.1) is 0 Å². The van der Waals surface area contributed by atoms with Crippen molar-refractivity contribution in [3.8, 4) is 0 Å². The zero-order chi connectivity index (χ0) is 15.5. The number of carbonyl (C=O) groups is 2. The monoisotopic (exact) mass is 329 g/mol. The average molecular weight is 329 g/mol. The summed E-state index contributed by atoms with van der Waals surface area (Å²) in [5.74, 6) is 0.566. The van der Waals surface area contributed by atoms with Crippen LogP contribution in [0.25, 0.3) is 0 Å². The summed E-state index contributed by atoms with van der Waals surface area (Å²) in [5.41, 5.74) is 0.481. The lowest BCUT2D eigenvalue weighted by molar-refractivity contribution is -0.130. The van der Waals surface area contributed by atoms with Gasteiger partial charge in [0.25, 0.3) is 0 Å². The second kappa shape index (κ2) is 6.46. The van der Waals surface area contributed by atoms with Gasteiger partial charge in [-0.2, -0.15) is 0 Å². The van der Waals surface area contributed by atoms with Crippen LogP contribution in [0.2, 0.25) is 0 Å². The molecular weight excluding hydrogens is 314 g/mol. The topological polar surface area (TPSA) is 95.6 Å². The van der Waals surface area contributed by atoms with Crippen LogP contribution >= 0.6 is 11.8 Å². The highest BCUT2D eigenvalue weighted by atomic mass is 32.2. The van der Waals surface area contributed by atoms with E-state index in [1.807, 2.05) is 0 Å². The van der Waals surface area contributed by atoms with Gasteiger partial charge >= 0.3 is 0 Å². The predicted octanol–water partition coefficient (Wildman–Crippen LogP) is 0.0661. The Balaban J connectivity index is 1.97. The van der Waals surface area contributed by atoms with E-state index in [1.54, 1.807) is 0 Å². The van der Waals surface area contributed by atoms with Gasteiger partial charge in [-0.15, -0.1) is 11.8 Å². The molecule has 1 fully saturated rings. The number of rotatable bonds is 5. The molecule has 0 atom stereocenters. The van der Waals surface area contributed by atoms with E-state index >= 15 is 0 Å². The molecule has 1 heterocycles. The standard InChI is InChI=1S/C12H15N3O4S2/c1-13-21(18,19)10-4-2-9(3-5-10)14-11(16)6-15-8-20-7-12(15)17/h2-5,13H,6-8H2,1H3,(H,14,16). The molecular formula is C12H15N3O4S2. The maximum Gasteiger partial charge on any atom is 0.244 e. The Morgan fingerprint density at radius 2 is 2.00 bits per heavy atom. The Bertz CT molecular complexity index is 643. The largest absolute Gasteiger partial charge is 0.325 e. The van der Waals surface area contributed by atoms with Crippen LogP contribution in [-0.2, 0) is 19.6 Å². The van der Waals surface area contributed by atoms with Gasteiger partial charge in [0.2, 0.25) is 21.8 Å². The van der Waals surface area contributed by atoms with Gasteiger partial charge in [0.15, 0.2) is 0 Å². The van der Waals surface area contributed by atoms with Crippen LogP contribution in [0.3, 0.4) is 0 Å². The van der Waals surface area contributed by atoms with Crippen molar-refractivity contribution < 1.29 is 18.0 Å². The van der Waals surface area contributed by atoms with Crippen molar-refractivity contribution in [2.45, 2.75) is 4.90 Å². The molecule has 2 rings (SSSR count). The molecule has 0 aliphatic carbocycles. The molecule has 1 aromatic carbocycles. The third kappa shape index (κ3) is 3.96. The number of benzene rings is 1. The first-order chi connectivity index (χ1) is 9.92. The first kappa shape index (κ1) is 15.8. The Kier molecular flexibility index (Phi) is 4.86. The van der Waals surface area contributed by atoms with E-state index in [0.29, 0.717) is 17.3 Å². The van der Waals surface area contributed by atoms with Crippen molar-refractivity contribution in [1.82, 2.24) is 9.62 Å². The number of hydrogen-bond donors (Lipinski definition) is 2. The molecule has 2 N–H and O–H groups in total. The highest BCUT2D eigenvalue weighted by Gasteiger charge is 2.22. The van der Waals surface area contributed by atoms with E-state index < -0.39 is 10.0 Å². The van der Waals surface area contributed by atoms with Gasteiger partial charge in [-0.1, -0.05) is 0 Å². The maximum absolute atomic E-state index is 11.8. The van der Waals surface area contributed by atoms with Crippen LogP contribution in [0.5, 0.6) is 0 Å². The molecule has 1 aliphatic heterocycles. The van der Waals surface area contributed by atoms with Gasteiger partial charge in [-0.25, -0.2) is 13.1 Å². The lowest BCUT2D eigenvalue weighted by atomic mass is 10.3. The first-order valence-electron chi connectivity index (χ1n) is 6.11. The number of sulfonamides is 1. The fourth-order valence-electron chi connectivity index (χ4n) is 1.75. The summed E-state index contributed by atoms with van der Waals surface area (Å²) in [4.78, 5) is 24.8. The Hall–Kier alpha value is -1.58. The van der Waals surface area contributed by atoms with Crippen LogP contribution in [0.1, 0.15) is 0 Å². The lowest BCUT2D eigenvalue weighted by Crippen LogP contribution is -2.34. The van der Waals surface area contributed by atoms with Crippen molar-refractivity contribution in [3.63, 3.8) is 0 Å². The summed E-state index contributed by atoms with van der Waals surface area (Å²) in [5, 5.41) is 2.63. The highest BCUT2D eigenvalue weighted by Crippen LogP contribution is 2.16. The molecule has 1 aromatic rings. The SMILES string of the molecule is CNS(=O)(=O)c1ccc(NC(=O)CN2CSCC2=O)cc1. The predicted molar refractivity (Wildman–Crippen MR) is 80.4 cm³/mol. The molecule has 0 spiro atoms. The van der Waals surface area contributed by atoms with E-state index in [2.05, 4.69) is 10.0 Å². The molecule has 2 amide bonds. The minimum Gasteiger partial charge on any atom is -0.325 e. The van der Waals surface area contributed by atoms with Crippen molar-refractivity contribution in [2.24, 2.45) is 0 Å². The van der Waals surface area contributed by atoms with Crippen LogP contribution in [0.15, 0.2) is 29.2 Å². The van der Waals surface area contributed by atoms with Crippen LogP contribution in [-0.4, -0.2) is 50.4 Å². The fraction of sp³-hybridized carbons (Fsp3) is 0.333. The van der Waals surface area contributed by atoms with Crippen molar-refractivity contribution >= 4 is 39.3 Å². The van der Waals surface area contributed by atoms with Gasteiger partial charge in [0.05, 0.1) is 16.5 Å². The van der Waals surface area contributed by atoms with Crippen molar-refractivity contribution in [1.29, 1.82) is 0 Å². The zero-order valence-electron chi connectivity index (χ0n) is 11.3. The van der Waals surface area contributed by atoms with E-state index in [1.165, 1.54) is 48.0 Å². The molecule has 1 saturated heterocycles. The Morgan fingerprint density at radius 1 is 1.33 bits per heavy atom. The average Bonchev–Trinajstić information content (AvgIpc) is 2.85. The van der Waals surface area contributed by atoms with E-state index in [0.717, 1.165) is 0 Å². The Morgan fingerprint density at radius 3 is 2.52 bits per heavy atom. The minimum atomic E-state index is -3.49. The zero-order valence-corrected chi connectivity index (χ0v) is 13.0. The minimum absolute atomic E-state index is 0.00238. The summed E-state index contributed by atoms with van der Waals surface area (Å²) in [7, 11) is -2.16. The molecule has 0 aromatic heterocycles. The van der Waals surface area contributed by atoms with E-state index in [-0.39, 0.29) is 23.3 Å². The van der Waals surface area contributed by atoms with Crippen molar-refractivity contribution in [3.05, 3.63) is 24.3 Å². The molecule has 0 unspecified atom stereocenters. The fourth-order valence-corrected chi connectivity index (χ4v) is 3.38. The highest BCUT2D eigenvalue weighted by molar-refractivity contribution is 8.00. The summed E-state index contributed by atoms with van der Waals surface area (Å²) in [6, 6.07) is 5.81. The number of nitrogens with zero attached hydrogens (tertiary/aromatic N) is 1. The first-order valence-corrected chi connectivity index (χ1v) is 8.75. The van der Waals surface area contributed by atoms with Crippen LogP contribution < -0.4 is 10.0 Å². The number of carbonyl (C=O) groups excluding carboxylic acids is 2. The van der Waals surface area contributed by atoms with Gasteiger partial charge in [-0.3, -0.25) is 9.59 Å². The molecule has 0 bridgehead atoms. The second-order valence-electron chi connectivity index (χ2n) is 4.35. The molecule has 1 aliphatic rings. The van der Waals surface area contributed by atoms with Gasteiger partial charge in [0.1, 0.15) is 6.54 Å². The number of thioether (sulfide) groups is 1. The Labute approximate surface area is 127 Å². The number of nitrogens with one attached hydrogen (secondary N) is 2. The molecule has 9 heteroatoms. The van der Waals surface area contributed by atoms with Crippen molar-refractivity contribution in [2.75, 3.05) is 30.5 Å². The molecule has 7 nitrogen and oxygen atoms in total. The number of hydrogen-bond acceptors (Lipinski definition) is 5.